The smallest absolute Gasteiger partial charge is 0.00201 e. The zero-order valence-electron chi connectivity index (χ0n) is 23.3. The molecule has 0 nitrogen and oxygen atoms in total. The van der Waals surface area contributed by atoms with Gasteiger partial charge in [-0.2, -0.15) is 0 Å². The minimum atomic E-state index is 0.0495. The van der Waals surface area contributed by atoms with Crippen LogP contribution >= 0.6 is 0 Å². The summed E-state index contributed by atoms with van der Waals surface area (Å²) in [7, 11) is 0. The molecule has 0 unspecified atom stereocenters. The van der Waals surface area contributed by atoms with Crippen molar-refractivity contribution in [3.05, 3.63) is 145 Å². The van der Waals surface area contributed by atoms with E-state index in [0.717, 1.165) is 0 Å². The van der Waals surface area contributed by atoms with Crippen LogP contribution < -0.4 is 0 Å². The van der Waals surface area contributed by atoms with Crippen molar-refractivity contribution < 1.29 is 0 Å². The molecule has 0 radical (unpaired) electrons. The van der Waals surface area contributed by atoms with Crippen LogP contribution in [0.4, 0.5) is 0 Å². The molecule has 7 aromatic carbocycles. The van der Waals surface area contributed by atoms with Gasteiger partial charge in [0.1, 0.15) is 0 Å². The summed E-state index contributed by atoms with van der Waals surface area (Å²) in [6, 6.07) is 51.3. The molecule has 0 amide bonds. The van der Waals surface area contributed by atoms with Crippen molar-refractivity contribution in [1.29, 1.82) is 0 Å². The fourth-order valence-corrected chi connectivity index (χ4v) is 6.15. The van der Waals surface area contributed by atoms with Gasteiger partial charge in [0, 0.05) is 0 Å². The van der Waals surface area contributed by atoms with Crippen LogP contribution in [0.2, 0.25) is 0 Å². The minimum absolute atomic E-state index is 0.0495. The van der Waals surface area contributed by atoms with Gasteiger partial charge in [0.25, 0.3) is 0 Å². The van der Waals surface area contributed by atoms with Gasteiger partial charge < -0.3 is 0 Å². The largest absolute Gasteiger partial charge is 0.0622 e. The summed E-state index contributed by atoms with van der Waals surface area (Å²) in [4.78, 5) is 0. The van der Waals surface area contributed by atoms with Crippen molar-refractivity contribution in [3.8, 4) is 33.4 Å². The Morgan fingerprint density at radius 3 is 1.65 bits per heavy atom. The first kappa shape index (κ1) is 24.4. The monoisotopic (exact) mass is 512 g/mol. The Kier molecular flexibility index (Phi) is 5.79. The first-order valence-electron chi connectivity index (χ1n) is 14.1. The lowest BCUT2D eigenvalue weighted by molar-refractivity contribution is 0.591. The number of benzene rings is 7. The summed E-state index contributed by atoms with van der Waals surface area (Å²) in [5, 5.41) is 7.74. The zero-order valence-corrected chi connectivity index (χ0v) is 23.3. The summed E-state index contributed by atoms with van der Waals surface area (Å²) in [5.74, 6) is 0. The molecule has 0 aliphatic heterocycles. The molecule has 0 heterocycles. The van der Waals surface area contributed by atoms with Gasteiger partial charge in [-0.25, -0.2) is 0 Å². The fourth-order valence-electron chi connectivity index (χ4n) is 6.15. The molecule has 0 atom stereocenters. The van der Waals surface area contributed by atoms with E-state index in [4.69, 9.17) is 0 Å². The molecule has 0 aromatic heterocycles. The van der Waals surface area contributed by atoms with Crippen LogP contribution in [0.5, 0.6) is 0 Å². The second kappa shape index (κ2) is 9.50. The van der Waals surface area contributed by atoms with E-state index in [9.17, 15) is 0 Å². The zero-order chi connectivity index (χ0) is 27.3. The van der Waals surface area contributed by atoms with Gasteiger partial charge in [-0.15, -0.1) is 0 Å². The van der Waals surface area contributed by atoms with Gasteiger partial charge in [-0.1, -0.05) is 154 Å². The number of fused-ring (bicyclic) bond motifs is 3. The van der Waals surface area contributed by atoms with Crippen LogP contribution in [0.1, 0.15) is 26.3 Å². The van der Waals surface area contributed by atoms with Crippen LogP contribution in [-0.2, 0) is 5.41 Å². The van der Waals surface area contributed by atoms with E-state index in [1.165, 1.54) is 71.3 Å². The lowest BCUT2D eigenvalue weighted by Crippen LogP contribution is -2.10. The first-order valence-corrected chi connectivity index (χ1v) is 14.1. The Bertz CT molecular complexity index is 2000. The predicted octanol–water partition coefficient (Wildman–Crippen LogP) is 11.4. The van der Waals surface area contributed by atoms with E-state index in [1.54, 1.807) is 0 Å². The first-order chi connectivity index (χ1) is 19.5. The highest BCUT2D eigenvalue weighted by molar-refractivity contribution is 6.23. The second-order valence-electron chi connectivity index (χ2n) is 11.8. The SMILES string of the molecule is CC(C)(C)c1ccc2c(-c3cccc4ccccc34)c3ccccc3c(-c3ccc(-c4ccccc4)cc3)c2c1. The molecule has 192 valence electrons. The summed E-state index contributed by atoms with van der Waals surface area (Å²) < 4.78 is 0. The number of rotatable bonds is 3. The van der Waals surface area contributed by atoms with Gasteiger partial charge >= 0.3 is 0 Å². The Morgan fingerprint density at radius 1 is 0.375 bits per heavy atom. The molecule has 0 saturated heterocycles. The van der Waals surface area contributed by atoms with E-state index >= 15 is 0 Å². The van der Waals surface area contributed by atoms with Crippen molar-refractivity contribution in [1.82, 2.24) is 0 Å². The standard InChI is InChI=1S/C40H32/c1-40(2,3)31-24-25-36-37(26-31)38(30-22-20-28(21-23-30)27-12-5-4-6-13-27)34-17-9-10-18-35(34)39(36)33-19-11-15-29-14-7-8-16-32(29)33/h4-26H,1-3H3. The van der Waals surface area contributed by atoms with Crippen molar-refractivity contribution in [2.45, 2.75) is 26.2 Å². The summed E-state index contributed by atoms with van der Waals surface area (Å²) in [6.45, 7) is 6.90. The van der Waals surface area contributed by atoms with Crippen LogP contribution in [0, 0.1) is 0 Å². The topological polar surface area (TPSA) is 0 Å². The predicted molar refractivity (Wildman–Crippen MR) is 174 cm³/mol. The molecule has 0 fully saturated rings. The highest BCUT2D eigenvalue weighted by Crippen LogP contribution is 2.46. The van der Waals surface area contributed by atoms with Crippen molar-refractivity contribution in [2.24, 2.45) is 0 Å². The van der Waals surface area contributed by atoms with Gasteiger partial charge in [0.05, 0.1) is 0 Å². The second-order valence-corrected chi connectivity index (χ2v) is 11.8. The number of hydrogen-bond acceptors (Lipinski definition) is 0. The van der Waals surface area contributed by atoms with Crippen LogP contribution in [0.15, 0.2) is 140 Å². The summed E-state index contributed by atoms with van der Waals surface area (Å²) in [5.41, 5.74) is 9.03. The van der Waals surface area contributed by atoms with E-state index in [1.807, 2.05) is 0 Å². The third kappa shape index (κ3) is 4.08. The fraction of sp³-hybridized carbons (Fsp3) is 0.100. The molecule has 0 aliphatic rings. The average molecular weight is 513 g/mol. The van der Waals surface area contributed by atoms with Crippen LogP contribution in [0.3, 0.4) is 0 Å². The molecule has 0 aliphatic carbocycles. The Balaban J connectivity index is 1.58. The lowest BCUT2D eigenvalue weighted by atomic mass is 9.80. The van der Waals surface area contributed by atoms with E-state index in [0.29, 0.717) is 0 Å². The molecular formula is C40H32. The van der Waals surface area contributed by atoms with E-state index in [-0.39, 0.29) is 5.41 Å². The number of hydrogen-bond donors (Lipinski definition) is 0. The molecule has 0 N–H and O–H groups in total. The van der Waals surface area contributed by atoms with Crippen molar-refractivity contribution in [2.75, 3.05) is 0 Å². The van der Waals surface area contributed by atoms with Crippen LogP contribution in [0.25, 0.3) is 65.7 Å². The normalized spacial score (nSPS) is 11.9. The minimum Gasteiger partial charge on any atom is -0.0622 e. The van der Waals surface area contributed by atoms with Gasteiger partial charge in [-0.05, 0) is 82.7 Å². The maximum atomic E-state index is 2.44. The Labute approximate surface area is 236 Å². The maximum Gasteiger partial charge on any atom is -0.00201 e. The third-order valence-electron chi connectivity index (χ3n) is 8.23. The molecule has 0 heteroatoms. The Morgan fingerprint density at radius 2 is 0.925 bits per heavy atom. The molecule has 7 aromatic rings. The molecule has 0 saturated carbocycles. The van der Waals surface area contributed by atoms with Gasteiger partial charge in [0.2, 0.25) is 0 Å². The molecular weight excluding hydrogens is 480 g/mol. The molecule has 7 rings (SSSR count). The quantitative estimate of drug-likeness (QED) is 0.207. The average Bonchev–Trinajstić information content (AvgIpc) is 2.99. The molecule has 0 spiro atoms. The van der Waals surface area contributed by atoms with Gasteiger partial charge in [0.15, 0.2) is 0 Å². The van der Waals surface area contributed by atoms with Gasteiger partial charge in [-0.3, -0.25) is 0 Å². The van der Waals surface area contributed by atoms with Crippen molar-refractivity contribution >= 4 is 32.3 Å². The molecule has 0 bridgehead atoms. The summed E-state index contributed by atoms with van der Waals surface area (Å²) >= 11 is 0. The Hall–Kier alpha value is -4.68. The van der Waals surface area contributed by atoms with E-state index in [2.05, 4.69) is 160 Å². The maximum absolute atomic E-state index is 2.44. The van der Waals surface area contributed by atoms with E-state index < -0.39 is 0 Å². The third-order valence-corrected chi connectivity index (χ3v) is 8.23. The molecule has 40 heavy (non-hydrogen) atoms. The lowest BCUT2D eigenvalue weighted by Gasteiger charge is -2.23. The summed E-state index contributed by atoms with van der Waals surface area (Å²) in [6.07, 6.45) is 0. The highest BCUT2D eigenvalue weighted by Gasteiger charge is 2.21. The van der Waals surface area contributed by atoms with Crippen LogP contribution in [-0.4, -0.2) is 0 Å². The van der Waals surface area contributed by atoms with Crippen molar-refractivity contribution in [3.63, 3.8) is 0 Å². The highest BCUT2D eigenvalue weighted by atomic mass is 14.2.